The maximum atomic E-state index is 12.3. The maximum Gasteiger partial charge on any atom is 0.230 e. The molecule has 0 saturated heterocycles. The van der Waals surface area contributed by atoms with Crippen molar-refractivity contribution in [2.45, 2.75) is 50.2 Å². The summed E-state index contributed by atoms with van der Waals surface area (Å²) in [4.78, 5) is 12.3. The minimum Gasteiger partial charge on any atom is -0.349 e. The van der Waals surface area contributed by atoms with Crippen molar-refractivity contribution >= 4 is 17.7 Å². The molecule has 6 nitrogen and oxygen atoms in total. The minimum atomic E-state index is -0.0246. The molecule has 1 amide bonds. The van der Waals surface area contributed by atoms with E-state index in [1.807, 2.05) is 0 Å². The Labute approximate surface area is 146 Å². The van der Waals surface area contributed by atoms with Crippen LogP contribution in [0.3, 0.4) is 0 Å². The summed E-state index contributed by atoms with van der Waals surface area (Å²) in [7, 11) is 0. The van der Waals surface area contributed by atoms with Crippen LogP contribution in [0.1, 0.15) is 55.1 Å². The van der Waals surface area contributed by atoms with Crippen molar-refractivity contribution in [3.05, 3.63) is 41.2 Å². The van der Waals surface area contributed by atoms with Gasteiger partial charge in [-0.3, -0.25) is 4.79 Å². The van der Waals surface area contributed by atoms with E-state index in [2.05, 4.69) is 53.6 Å². The Hall–Kier alpha value is -2.02. The minimum absolute atomic E-state index is 0.0245. The van der Waals surface area contributed by atoms with Gasteiger partial charge in [0.25, 0.3) is 0 Å². The fraction of sp³-hybridized carbons (Fsp3) is 0.471. The van der Waals surface area contributed by atoms with Gasteiger partial charge in [-0.2, -0.15) is 0 Å². The zero-order chi connectivity index (χ0) is 17.1. The Morgan fingerprint density at radius 1 is 1.38 bits per heavy atom. The average molecular weight is 345 g/mol. The Bertz CT molecular complexity index is 708. The summed E-state index contributed by atoms with van der Waals surface area (Å²) < 4.78 is 1.52. The molecule has 1 atom stereocenters. The number of carbonyl (C=O) groups is 1. The van der Waals surface area contributed by atoms with Gasteiger partial charge in [-0.15, -0.1) is 10.2 Å². The molecule has 3 rings (SSSR count). The Kier molecular flexibility index (Phi) is 5.08. The molecule has 1 aromatic carbocycles. The van der Waals surface area contributed by atoms with Gasteiger partial charge < -0.3 is 11.2 Å². The summed E-state index contributed by atoms with van der Waals surface area (Å²) >= 11 is 1.32. The second-order valence-electron chi connectivity index (χ2n) is 6.21. The van der Waals surface area contributed by atoms with E-state index in [-0.39, 0.29) is 17.7 Å². The molecule has 1 aliphatic carbocycles. The molecule has 2 aromatic rings. The maximum absolute atomic E-state index is 12.3. The molecule has 24 heavy (non-hydrogen) atoms. The second-order valence-corrected chi connectivity index (χ2v) is 7.16. The van der Waals surface area contributed by atoms with E-state index in [4.69, 9.17) is 5.84 Å². The largest absolute Gasteiger partial charge is 0.349 e. The molecule has 1 aliphatic rings. The SMILES string of the molecule is CC[C@H](NC(=O)CSc1nnc(C2CC2)n1N)c1ccc(C)cc1. The van der Waals surface area contributed by atoms with Crippen molar-refractivity contribution in [3.8, 4) is 0 Å². The second kappa shape index (κ2) is 7.25. The number of hydrogen-bond acceptors (Lipinski definition) is 5. The van der Waals surface area contributed by atoms with Gasteiger partial charge in [-0.25, -0.2) is 4.68 Å². The van der Waals surface area contributed by atoms with Crippen molar-refractivity contribution in [1.82, 2.24) is 20.2 Å². The molecular formula is C17H23N5OS. The first-order valence-electron chi connectivity index (χ1n) is 8.27. The van der Waals surface area contributed by atoms with Gasteiger partial charge in [0.1, 0.15) is 0 Å². The Morgan fingerprint density at radius 2 is 2.08 bits per heavy atom. The Morgan fingerprint density at radius 3 is 2.71 bits per heavy atom. The first-order chi connectivity index (χ1) is 11.6. The summed E-state index contributed by atoms with van der Waals surface area (Å²) in [6.07, 6.45) is 3.09. The molecule has 7 heteroatoms. The molecule has 1 aromatic heterocycles. The van der Waals surface area contributed by atoms with Crippen molar-refractivity contribution in [3.63, 3.8) is 0 Å². The van der Waals surface area contributed by atoms with Gasteiger partial charge in [0.05, 0.1) is 11.8 Å². The number of nitrogens with two attached hydrogens (primary N) is 1. The van der Waals surface area contributed by atoms with Crippen LogP contribution >= 0.6 is 11.8 Å². The van der Waals surface area contributed by atoms with Crippen LogP contribution in [0.5, 0.6) is 0 Å². The molecule has 0 bridgehead atoms. The molecule has 0 spiro atoms. The Balaban J connectivity index is 1.55. The topological polar surface area (TPSA) is 85.8 Å². The molecular weight excluding hydrogens is 322 g/mol. The number of nitrogens with zero attached hydrogens (tertiary/aromatic N) is 3. The summed E-state index contributed by atoms with van der Waals surface area (Å²) in [5, 5.41) is 11.9. The van der Waals surface area contributed by atoms with Crippen LogP contribution in [0.15, 0.2) is 29.4 Å². The number of nitrogen functional groups attached to an aromatic ring is 1. The van der Waals surface area contributed by atoms with Crippen molar-refractivity contribution in [2.24, 2.45) is 0 Å². The lowest BCUT2D eigenvalue weighted by molar-refractivity contribution is -0.119. The normalized spacial score (nSPS) is 15.2. The van der Waals surface area contributed by atoms with Gasteiger partial charge >= 0.3 is 0 Å². The summed E-state index contributed by atoms with van der Waals surface area (Å²) in [6.45, 7) is 4.12. The zero-order valence-electron chi connectivity index (χ0n) is 14.0. The predicted molar refractivity (Wildman–Crippen MR) is 95.2 cm³/mol. The van der Waals surface area contributed by atoms with Crippen LogP contribution in [0, 0.1) is 6.92 Å². The van der Waals surface area contributed by atoms with Crippen LogP contribution in [-0.2, 0) is 4.79 Å². The smallest absolute Gasteiger partial charge is 0.230 e. The van der Waals surface area contributed by atoms with E-state index in [0.29, 0.717) is 11.1 Å². The molecule has 1 saturated carbocycles. The van der Waals surface area contributed by atoms with Crippen LogP contribution in [0.2, 0.25) is 0 Å². The molecule has 0 unspecified atom stereocenters. The van der Waals surface area contributed by atoms with Gasteiger partial charge in [-0.1, -0.05) is 48.5 Å². The fourth-order valence-electron chi connectivity index (χ4n) is 2.59. The quantitative estimate of drug-likeness (QED) is 0.595. The number of carbonyl (C=O) groups excluding carboxylic acids is 1. The summed E-state index contributed by atoms with van der Waals surface area (Å²) in [5.74, 6) is 7.52. The predicted octanol–water partition coefficient (Wildman–Crippen LogP) is 2.54. The number of hydrogen-bond donors (Lipinski definition) is 2. The van der Waals surface area contributed by atoms with Crippen molar-refractivity contribution < 1.29 is 4.79 Å². The van der Waals surface area contributed by atoms with Gasteiger partial charge in [-0.05, 0) is 31.7 Å². The highest BCUT2D eigenvalue weighted by Crippen LogP contribution is 2.39. The number of amides is 1. The lowest BCUT2D eigenvalue weighted by atomic mass is 10.0. The molecule has 0 aliphatic heterocycles. The number of aryl methyl sites for hydroxylation is 1. The van der Waals surface area contributed by atoms with E-state index in [9.17, 15) is 4.79 Å². The summed E-state index contributed by atoms with van der Waals surface area (Å²) in [5.41, 5.74) is 2.34. The molecule has 3 N–H and O–H groups in total. The van der Waals surface area contributed by atoms with E-state index in [1.54, 1.807) is 0 Å². The number of rotatable bonds is 7. The zero-order valence-corrected chi connectivity index (χ0v) is 14.8. The van der Waals surface area contributed by atoms with Crippen LogP contribution in [0.25, 0.3) is 0 Å². The first-order valence-corrected chi connectivity index (χ1v) is 9.26. The van der Waals surface area contributed by atoms with Gasteiger partial charge in [0.2, 0.25) is 11.1 Å². The first kappa shape index (κ1) is 16.8. The monoisotopic (exact) mass is 345 g/mol. The molecule has 128 valence electrons. The molecule has 0 radical (unpaired) electrons. The van der Waals surface area contributed by atoms with Crippen LogP contribution in [0.4, 0.5) is 0 Å². The third-order valence-electron chi connectivity index (χ3n) is 4.19. The molecule has 1 heterocycles. The lowest BCUT2D eigenvalue weighted by Gasteiger charge is -2.17. The highest BCUT2D eigenvalue weighted by atomic mass is 32.2. The number of benzene rings is 1. The van der Waals surface area contributed by atoms with E-state index in [1.165, 1.54) is 22.0 Å². The average Bonchev–Trinajstić information content (AvgIpc) is 3.35. The standard InChI is InChI=1S/C17H23N5OS/c1-3-14(12-6-4-11(2)5-7-12)19-15(23)10-24-17-21-20-16(22(17)18)13-8-9-13/h4-7,13-14H,3,8-10,18H2,1-2H3,(H,19,23)/t14-/m0/s1. The summed E-state index contributed by atoms with van der Waals surface area (Å²) in [6, 6.07) is 8.28. The number of thioether (sulfide) groups is 1. The van der Waals surface area contributed by atoms with Crippen LogP contribution < -0.4 is 11.2 Å². The lowest BCUT2D eigenvalue weighted by Crippen LogP contribution is -2.29. The van der Waals surface area contributed by atoms with Gasteiger partial charge in [0.15, 0.2) is 5.82 Å². The van der Waals surface area contributed by atoms with E-state index < -0.39 is 0 Å². The highest BCUT2D eigenvalue weighted by Gasteiger charge is 2.30. The highest BCUT2D eigenvalue weighted by molar-refractivity contribution is 7.99. The molecule has 1 fully saturated rings. The third kappa shape index (κ3) is 3.90. The van der Waals surface area contributed by atoms with Gasteiger partial charge in [0, 0.05) is 5.92 Å². The van der Waals surface area contributed by atoms with Crippen molar-refractivity contribution in [2.75, 3.05) is 11.6 Å². The number of aromatic nitrogens is 3. The number of nitrogens with one attached hydrogen (secondary N) is 1. The van der Waals surface area contributed by atoms with E-state index >= 15 is 0 Å². The van der Waals surface area contributed by atoms with Crippen LogP contribution in [-0.4, -0.2) is 26.5 Å². The fourth-order valence-corrected chi connectivity index (χ4v) is 3.27. The van der Waals surface area contributed by atoms with E-state index in [0.717, 1.165) is 30.7 Å². The third-order valence-corrected chi connectivity index (χ3v) is 5.13. The van der Waals surface area contributed by atoms with Crippen molar-refractivity contribution in [1.29, 1.82) is 0 Å².